The standard InChI is InChI=1S/C23H33O8P/c1-22(2)28-17-16(27-20-19(18(17)29-22)30-23(3,4)31-20)13-26-21-15(25-5)11-12-32(21,24)14-9-7-6-8-10-14/h6-10,15-21H,11-13H2,1-5H3/t15-,16+,17-,18-,19+,20+,21-,32-/m0/s1. The zero-order valence-corrected chi connectivity index (χ0v) is 20.2. The van der Waals surface area contributed by atoms with Crippen LogP contribution in [0.5, 0.6) is 0 Å². The molecule has 0 bridgehead atoms. The van der Waals surface area contributed by atoms with Gasteiger partial charge in [-0.25, -0.2) is 0 Å². The van der Waals surface area contributed by atoms with Crippen molar-refractivity contribution in [3.63, 3.8) is 0 Å². The van der Waals surface area contributed by atoms with Crippen molar-refractivity contribution in [2.24, 2.45) is 0 Å². The third-order valence-corrected chi connectivity index (χ3v) is 10.1. The number of fused-ring (bicyclic) bond motifs is 3. The van der Waals surface area contributed by atoms with Gasteiger partial charge in [-0.1, -0.05) is 30.3 Å². The van der Waals surface area contributed by atoms with Gasteiger partial charge in [0.25, 0.3) is 0 Å². The number of rotatable bonds is 5. The van der Waals surface area contributed by atoms with Crippen molar-refractivity contribution in [3.05, 3.63) is 30.3 Å². The number of hydrogen-bond donors (Lipinski definition) is 0. The highest BCUT2D eigenvalue weighted by molar-refractivity contribution is 7.72. The monoisotopic (exact) mass is 468 g/mol. The molecular formula is C23H33O8P. The third kappa shape index (κ3) is 3.99. The summed E-state index contributed by atoms with van der Waals surface area (Å²) >= 11 is 0. The maximum absolute atomic E-state index is 14.0. The maximum atomic E-state index is 14.0. The van der Waals surface area contributed by atoms with Crippen LogP contribution < -0.4 is 5.30 Å². The topological polar surface area (TPSA) is 81.7 Å². The molecule has 4 saturated heterocycles. The van der Waals surface area contributed by atoms with E-state index in [1.807, 2.05) is 58.0 Å². The second-order valence-electron chi connectivity index (χ2n) is 9.85. The highest BCUT2D eigenvalue weighted by Crippen LogP contribution is 2.58. The molecule has 0 saturated carbocycles. The number of methoxy groups -OCH3 is 1. The zero-order valence-electron chi connectivity index (χ0n) is 19.3. The molecule has 8 nitrogen and oxygen atoms in total. The molecule has 4 aliphatic heterocycles. The lowest BCUT2D eigenvalue weighted by Crippen LogP contribution is -2.56. The second-order valence-corrected chi connectivity index (χ2v) is 12.9. The van der Waals surface area contributed by atoms with Crippen LogP contribution in [0.25, 0.3) is 0 Å². The van der Waals surface area contributed by atoms with Crippen molar-refractivity contribution in [1.82, 2.24) is 0 Å². The van der Waals surface area contributed by atoms with Crippen molar-refractivity contribution in [2.75, 3.05) is 19.9 Å². The van der Waals surface area contributed by atoms with Gasteiger partial charge in [0, 0.05) is 18.6 Å². The van der Waals surface area contributed by atoms with Crippen LogP contribution in [0.1, 0.15) is 34.1 Å². The molecule has 32 heavy (non-hydrogen) atoms. The van der Waals surface area contributed by atoms with E-state index < -0.39 is 37.0 Å². The molecule has 9 heteroatoms. The van der Waals surface area contributed by atoms with Crippen molar-refractivity contribution in [1.29, 1.82) is 0 Å². The van der Waals surface area contributed by atoms with Crippen LogP contribution in [0.4, 0.5) is 0 Å². The Morgan fingerprint density at radius 3 is 2.34 bits per heavy atom. The number of ether oxygens (including phenoxy) is 7. The Kier molecular flexibility index (Phi) is 5.83. The minimum Gasteiger partial charge on any atom is -0.378 e. The average molecular weight is 468 g/mol. The Hall–Kier alpha value is -0.830. The van der Waals surface area contributed by atoms with Gasteiger partial charge in [0.05, 0.1) is 12.7 Å². The number of benzene rings is 1. The van der Waals surface area contributed by atoms with Crippen LogP contribution in [0.2, 0.25) is 0 Å². The summed E-state index contributed by atoms with van der Waals surface area (Å²) in [6, 6.07) is 9.56. The Balaban J connectivity index is 1.36. The maximum Gasteiger partial charge on any atom is 0.190 e. The Labute approximate surface area is 189 Å². The van der Waals surface area contributed by atoms with Gasteiger partial charge in [0.1, 0.15) is 37.4 Å². The van der Waals surface area contributed by atoms with Gasteiger partial charge in [-0.15, -0.1) is 0 Å². The molecule has 0 radical (unpaired) electrons. The Morgan fingerprint density at radius 2 is 1.62 bits per heavy atom. The lowest BCUT2D eigenvalue weighted by Gasteiger charge is -2.38. The van der Waals surface area contributed by atoms with Crippen LogP contribution in [-0.4, -0.2) is 74.1 Å². The molecule has 0 aliphatic carbocycles. The van der Waals surface area contributed by atoms with Crippen LogP contribution in [0, 0.1) is 0 Å². The lowest BCUT2D eigenvalue weighted by molar-refractivity contribution is -0.245. The van der Waals surface area contributed by atoms with Crippen LogP contribution in [0.15, 0.2) is 30.3 Å². The van der Waals surface area contributed by atoms with E-state index in [1.165, 1.54) is 0 Å². The predicted molar refractivity (Wildman–Crippen MR) is 116 cm³/mol. The lowest BCUT2D eigenvalue weighted by atomic mass is 9.99. The van der Waals surface area contributed by atoms with E-state index in [2.05, 4.69) is 0 Å². The van der Waals surface area contributed by atoms with Crippen LogP contribution in [0.3, 0.4) is 0 Å². The molecule has 1 aromatic rings. The van der Waals surface area contributed by atoms with Crippen molar-refractivity contribution in [3.8, 4) is 0 Å². The van der Waals surface area contributed by atoms with E-state index in [4.69, 9.17) is 33.2 Å². The second kappa shape index (κ2) is 8.14. The zero-order chi connectivity index (χ0) is 22.7. The van der Waals surface area contributed by atoms with Crippen LogP contribution in [-0.2, 0) is 37.7 Å². The highest BCUT2D eigenvalue weighted by Gasteiger charge is 2.61. The molecule has 0 unspecified atom stereocenters. The molecule has 0 amide bonds. The first-order valence-corrected chi connectivity index (χ1v) is 13.2. The largest absolute Gasteiger partial charge is 0.378 e. The molecule has 8 atom stereocenters. The van der Waals surface area contributed by atoms with Gasteiger partial charge < -0.3 is 37.7 Å². The normalized spacial score (nSPS) is 44.3. The van der Waals surface area contributed by atoms with Gasteiger partial charge in [-0.05, 0) is 34.1 Å². The summed E-state index contributed by atoms with van der Waals surface area (Å²) in [5.74, 6) is -2.09. The van der Waals surface area contributed by atoms with Gasteiger partial charge in [0.15, 0.2) is 17.9 Å². The van der Waals surface area contributed by atoms with E-state index in [0.29, 0.717) is 12.6 Å². The molecule has 4 aliphatic rings. The fourth-order valence-corrected chi connectivity index (χ4v) is 8.55. The molecular weight excluding hydrogens is 435 g/mol. The van der Waals surface area contributed by atoms with Crippen molar-refractivity contribution < 1.29 is 37.7 Å². The van der Waals surface area contributed by atoms with Gasteiger partial charge in [-0.3, -0.25) is 0 Å². The van der Waals surface area contributed by atoms with E-state index in [9.17, 15) is 4.57 Å². The molecule has 4 heterocycles. The Bertz CT molecular complexity index is 874. The summed E-state index contributed by atoms with van der Waals surface area (Å²) in [6.07, 6.45) is -1.16. The molecule has 1 aromatic carbocycles. The van der Waals surface area contributed by atoms with Crippen LogP contribution >= 0.6 is 7.14 Å². The minimum atomic E-state index is -2.80. The summed E-state index contributed by atoms with van der Waals surface area (Å²) < 4.78 is 56.7. The predicted octanol–water partition coefficient (Wildman–Crippen LogP) is 2.83. The Morgan fingerprint density at radius 1 is 0.969 bits per heavy atom. The minimum absolute atomic E-state index is 0.189. The smallest absolute Gasteiger partial charge is 0.190 e. The highest BCUT2D eigenvalue weighted by atomic mass is 31.2. The van der Waals surface area contributed by atoms with E-state index in [1.54, 1.807) is 7.11 Å². The SMILES string of the molecule is CO[C@H]1CC[P@](=O)(c2ccccc2)[C@@H]1OC[C@H]1O[C@@H]2OC(C)(C)O[C@@H]2[C@H]2OC(C)(C)O[C@H]21. The van der Waals surface area contributed by atoms with E-state index >= 15 is 0 Å². The van der Waals surface area contributed by atoms with Crippen molar-refractivity contribution >= 4 is 12.4 Å². The van der Waals surface area contributed by atoms with Gasteiger partial charge >= 0.3 is 0 Å². The molecule has 0 N–H and O–H groups in total. The fraction of sp³-hybridized carbons (Fsp3) is 0.739. The van der Waals surface area contributed by atoms with Gasteiger partial charge in [0.2, 0.25) is 0 Å². The molecule has 0 spiro atoms. The number of hydrogen-bond acceptors (Lipinski definition) is 8. The first kappa shape index (κ1) is 22.9. The fourth-order valence-electron chi connectivity index (χ4n) is 5.30. The molecule has 178 valence electrons. The molecule has 4 fully saturated rings. The summed E-state index contributed by atoms with van der Waals surface area (Å²) in [4.78, 5) is 0. The average Bonchev–Trinajstić information content (AvgIpc) is 3.36. The first-order chi connectivity index (χ1) is 15.1. The summed E-state index contributed by atoms with van der Waals surface area (Å²) in [5.41, 5.74) is 0. The summed E-state index contributed by atoms with van der Waals surface area (Å²) in [5, 5.41) is 0.822. The van der Waals surface area contributed by atoms with E-state index in [0.717, 1.165) is 5.30 Å². The summed E-state index contributed by atoms with van der Waals surface area (Å²) in [7, 11) is -1.16. The van der Waals surface area contributed by atoms with Gasteiger partial charge in [-0.2, -0.15) is 0 Å². The van der Waals surface area contributed by atoms with Crippen molar-refractivity contribution in [2.45, 2.75) is 88.3 Å². The molecule has 0 aromatic heterocycles. The third-order valence-electron chi connectivity index (χ3n) is 6.65. The van der Waals surface area contributed by atoms with E-state index in [-0.39, 0.29) is 31.0 Å². The quantitative estimate of drug-likeness (QED) is 0.611. The molecule has 5 rings (SSSR count). The first-order valence-electron chi connectivity index (χ1n) is 11.3. The summed E-state index contributed by atoms with van der Waals surface area (Å²) in [6.45, 7) is 7.65.